The molecule has 0 aromatic heterocycles. The molecule has 0 aliphatic heterocycles. The van der Waals surface area contributed by atoms with Gasteiger partial charge in [0.1, 0.15) is 6.10 Å². The van der Waals surface area contributed by atoms with Crippen LogP contribution in [0.2, 0.25) is 0 Å². The average Bonchev–Trinajstić information content (AvgIpc) is 3.11. The molecule has 0 heterocycles. The molecule has 0 bridgehead atoms. The van der Waals surface area contributed by atoms with Crippen LogP contribution >= 0.6 is 0 Å². The van der Waals surface area contributed by atoms with Gasteiger partial charge in [-0.15, -0.1) is 0 Å². The Balaban J connectivity index is 1.55. The number of carbonyl (C=O) groups excluding carboxylic acids is 2. The molecule has 0 radical (unpaired) electrons. The quantitative estimate of drug-likeness (QED) is 0.298. The predicted molar refractivity (Wildman–Crippen MR) is 138 cm³/mol. The summed E-state index contributed by atoms with van der Waals surface area (Å²) in [6.45, 7) is 15.8. The maximum atomic E-state index is 13.6. The molecule has 4 aliphatic carbocycles. The molecule has 3 fully saturated rings. The van der Waals surface area contributed by atoms with Crippen LogP contribution in [0.4, 0.5) is 0 Å². The monoisotopic (exact) mass is 468 g/mol. The first-order chi connectivity index (χ1) is 16.0. The maximum Gasteiger partial charge on any atom is 0.302 e. The third-order valence-electron chi connectivity index (χ3n) is 10.9. The Bertz CT molecular complexity index is 853. The summed E-state index contributed by atoms with van der Waals surface area (Å²) < 4.78 is 5.55. The average molecular weight is 469 g/mol. The zero-order chi connectivity index (χ0) is 24.8. The molecule has 0 amide bonds. The van der Waals surface area contributed by atoms with E-state index in [-0.39, 0.29) is 28.8 Å². The van der Waals surface area contributed by atoms with Gasteiger partial charge in [0.25, 0.3) is 0 Å². The normalized spacial score (nSPS) is 41.5. The lowest BCUT2D eigenvalue weighted by atomic mass is 9.46. The molecule has 4 rings (SSSR count). The van der Waals surface area contributed by atoms with Crippen molar-refractivity contribution >= 4 is 11.8 Å². The Morgan fingerprint density at radius 2 is 1.82 bits per heavy atom. The number of ether oxygens (including phenoxy) is 1. The van der Waals surface area contributed by atoms with E-state index in [0.717, 1.165) is 25.7 Å². The number of esters is 1. The Labute approximate surface area is 208 Å². The molecular formula is C31H48O3. The Hall–Kier alpha value is -1.38. The van der Waals surface area contributed by atoms with E-state index < -0.39 is 0 Å². The number of rotatable bonds is 6. The second kappa shape index (κ2) is 9.58. The minimum Gasteiger partial charge on any atom is -0.462 e. The summed E-state index contributed by atoms with van der Waals surface area (Å²) in [6.07, 6.45) is 15.7. The van der Waals surface area contributed by atoms with E-state index >= 15 is 0 Å². The molecule has 3 saturated carbocycles. The minimum atomic E-state index is -0.207. The van der Waals surface area contributed by atoms with Crippen molar-refractivity contribution in [1.82, 2.24) is 0 Å². The van der Waals surface area contributed by atoms with Crippen molar-refractivity contribution in [2.45, 2.75) is 106 Å². The first-order valence-electron chi connectivity index (χ1n) is 14.1. The van der Waals surface area contributed by atoms with Crippen LogP contribution in [0, 0.1) is 52.3 Å². The lowest BCUT2D eigenvalue weighted by Gasteiger charge is -2.57. The number of hydrogen-bond acceptors (Lipinski definition) is 3. The minimum absolute atomic E-state index is 0.0590. The predicted octanol–water partition coefficient (Wildman–Crippen LogP) is 7.55. The van der Waals surface area contributed by atoms with Gasteiger partial charge in [-0.2, -0.15) is 0 Å². The van der Waals surface area contributed by atoms with Crippen LogP contribution in [0.15, 0.2) is 23.8 Å². The Morgan fingerprint density at radius 3 is 2.47 bits per heavy atom. The smallest absolute Gasteiger partial charge is 0.302 e. The van der Waals surface area contributed by atoms with E-state index in [9.17, 15) is 9.59 Å². The molecular weight excluding hydrogens is 420 g/mol. The van der Waals surface area contributed by atoms with Crippen molar-refractivity contribution in [3.05, 3.63) is 23.8 Å². The molecule has 0 spiro atoms. The molecule has 9 unspecified atom stereocenters. The van der Waals surface area contributed by atoms with Crippen molar-refractivity contribution in [1.29, 1.82) is 0 Å². The molecule has 0 N–H and O–H groups in total. The molecule has 3 heteroatoms. The summed E-state index contributed by atoms with van der Waals surface area (Å²) in [6, 6.07) is 0. The van der Waals surface area contributed by atoms with Gasteiger partial charge in [0, 0.05) is 19.3 Å². The second-order valence-corrected chi connectivity index (χ2v) is 13.0. The first-order valence-corrected chi connectivity index (χ1v) is 14.1. The topological polar surface area (TPSA) is 43.4 Å². The lowest BCUT2D eigenvalue weighted by Crippen LogP contribution is -2.53. The van der Waals surface area contributed by atoms with E-state index in [4.69, 9.17) is 4.74 Å². The first kappa shape index (κ1) is 25.7. The zero-order valence-electron chi connectivity index (χ0n) is 22.7. The van der Waals surface area contributed by atoms with Gasteiger partial charge >= 0.3 is 5.97 Å². The molecule has 34 heavy (non-hydrogen) atoms. The highest BCUT2D eigenvalue weighted by molar-refractivity contribution is 5.94. The largest absolute Gasteiger partial charge is 0.462 e. The SMILES string of the molecule is CCC(C=CC(C)C1CCC2C3C(=O)C=C4CC(OC(C)=O)CCC4(C)C3CCC12C)C(C)C. The van der Waals surface area contributed by atoms with Crippen molar-refractivity contribution in [2.24, 2.45) is 52.3 Å². The van der Waals surface area contributed by atoms with Gasteiger partial charge in [-0.25, -0.2) is 0 Å². The van der Waals surface area contributed by atoms with Crippen molar-refractivity contribution < 1.29 is 14.3 Å². The van der Waals surface area contributed by atoms with Gasteiger partial charge in [-0.05, 0) is 97.4 Å². The third-order valence-corrected chi connectivity index (χ3v) is 10.9. The van der Waals surface area contributed by atoms with E-state index in [0.29, 0.717) is 41.3 Å². The van der Waals surface area contributed by atoms with Crippen LogP contribution in [-0.2, 0) is 14.3 Å². The van der Waals surface area contributed by atoms with E-state index in [1.165, 1.54) is 38.2 Å². The van der Waals surface area contributed by atoms with Crippen LogP contribution in [0.25, 0.3) is 0 Å². The Morgan fingerprint density at radius 1 is 1.09 bits per heavy atom. The van der Waals surface area contributed by atoms with E-state index in [2.05, 4.69) is 53.7 Å². The molecule has 0 aromatic rings. The van der Waals surface area contributed by atoms with Gasteiger partial charge in [-0.3, -0.25) is 9.59 Å². The second-order valence-electron chi connectivity index (χ2n) is 13.0. The van der Waals surface area contributed by atoms with Gasteiger partial charge in [0.05, 0.1) is 0 Å². The molecule has 9 atom stereocenters. The van der Waals surface area contributed by atoms with Gasteiger partial charge in [-0.1, -0.05) is 59.3 Å². The van der Waals surface area contributed by atoms with E-state index in [1.807, 2.05) is 6.08 Å². The highest BCUT2D eigenvalue weighted by atomic mass is 16.5. The standard InChI is InChI=1S/C31H48O3/c1-8-22(19(2)3)10-9-20(4)25-11-12-26-29-27(14-16-31(25,26)7)30(6)15-13-24(34-21(5)32)17-23(30)18-28(29)33/h9-10,18-20,22,24-27,29H,8,11-17H2,1-7H3. The summed E-state index contributed by atoms with van der Waals surface area (Å²) >= 11 is 0. The highest BCUT2D eigenvalue weighted by Crippen LogP contribution is 2.66. The summed E-state index contributed by atoms with van der Waals surface area (Å²) in [5.41, 5.74) is 1.60. The zero-order valence-corrected chi connectivity index (χ0v) is 22.7. The van der Waals surface area contributed by atoms with Gasteiger partial charge in [0.15, 0.2) is 5.78 Å². The van der Waals surface area contributed by atoms with E-state index in [1.54, 1.807) is 0 Å². The van der Waals surface area contributed by atoms with Crippen molar-refractivity contribution in [3.8, 4) is 0 Å². The summed E-state index contributed by atoms with van der Waals surface area (Å²) in [4.78, 5) is 25.2. The van der Waals surface area contributed by atoms with Crippen LogP contribution in [0.3, 0.4) is 0 Å². The molecule has 4 aliphatic rings. The van der Waals surface area contributed by atoms with Gasteiger partial charge in [0.2, 0.25) is 0 Å². The van der Waals surface area contributed by atoms with Crippen LogP contribution in [-0.4, -0.2) is 17.9 Å². The third kappa shape index (κ3) is 4.35. The van der Waals surface area contributed by atoms with Crippen LogP contribution in [0.5, 0.6) is 0 Å². The number of hydrogen-bond donors (Lipinski definition) is 0. The number of allylic oxidation sites excluding steroid dienone is 3. The van der Waals surface area contributed by atoms with Crippen molar-refractivity contribution in [3.63, 3.8) is 0 Å². The molecule has 3 nitrogen and oxygen atoms in total. The number of ketones is 1. The van der Waals surface area contributed by atoms with Crippen LogP contribution < -0.4 is 0 Å². The molecule has 0 aromatic carbocycles. The van der Waals surface area contributed by atoms with Gasteiger partial charge < -0.3 is 4.74 Å². The summed E-state index contributed by atoms with van der Waals surface area (Å²) in [5, 5.41) is 0. The number of carbonyl (C=O) groups is 2. The maximum absolute atomic E-state index is 13.6. The fraction of sp³-hybridized carbons (Fsp3) is 0.806. The summed E-state index contributed by atoms with van der Waals surface area (Å²) in [7, 11) is 0. The number of fused-ring (bicyclic) bond motifs is 5. The van der Waals surface area contributed by atoms with Crippen LogP contribution in [0.1, 0.15) is 99.8 Å². The van der Waals surface area contributed by atoms with Crippen molar-refractivity contribution in [2.75, 3.05) is 0 Å². The highest BCUT2D eigenvalue weighted by Gasteiger charge is 2.61. The fourth-order valence-corrected chi connectivity index (χ4v) is 8.89. The molecule has 0 saturated heterocycles. The Kier molecular flexibility index (Phi) is 7.25. The molecule has 190 valence electrons. The summed E-state index contributed by atoms with van der Waals surface area (Å²) in [5.74, 6) is 3.89. The lowest BCUT2D eigenvalue weighted by molar-refractivity contribution is -0.149. The fourth-order valence-electron chi connectivity index (χ4n) is 8.89.